The number of hydrogen-bond acceptors (Lipinski definition) is 3. The van der Waals surface area contributed by atoms with Crippen LogP contribution < -0.4 is 10.0 Å². The van der Waals surface area contributed by atoms with E-state index < -0.39 is 10.0 Å². The van der Waals surface area contributed by atoms with E-state index >= 15 is 0 Å². The first-order valence-corrected chi connectivity index (χ1v) is 11.3. The zero-order chi connectivity index (χ0) is 21.9. The number of para-hydroxylation sites is 1. The molecule has 0 atom stereocenters. The first-order valence-electron chi connectivity index (χ1n) is 9.09. The molecule has 0 saturated heterocycles. The van der Waals surface area contributed by atoms with Gasteiger partial charge in [0.25, 0.3) is 10.0 Å². The van der Waals surface area contributed by atoms with Gasteiger partial charge >= 0.3 is 0 Å². The highest BCUT2D eigenvalue weighted by atomic mass is 35.5. The molecule has 2 N–H and O–H groups in total. The van der Waals surface area contributed by atoms with Gasteiger partial charge in [-0.15, -0.1) is 0 Å². The molecule has 0 bridgehead atoms. The summed E-state index contributed by atoms with van der Waals surface area (Å²) in [4.78, 5) is 12.4. The van der Waals surface area contributed by atoms with E-state index in [1.165, 1.54) is 24.3 Å². The summed E-state index contributed by atoms with van der Waals surface area (Å²) in [5, 5.41) is 3.55. The summed E-state index contributed by atoms with van der Waals surface area (Å²) in [5.41, 5.74) is 3.23. The van der Waals surface area contributed by atoms with Gasteiger partial charge in [-0.25, -0.2) is 8.42 Å². The van der Waals surface area contributed by atoms with Crippen LogP contribution in [0.25, 0.3) is 0 Å². The van der Waals surface area contributed by atoms with Crippen molar-refractivity contribution in [2.75, 3.05) is 10.0 Å². The molecule has 0 heterocycles. The Bertz CT molecular complexity index is 1150. The van der Waals surface area contributed by atoms with Gasteiger partial charge in [-0.2, -0.15) is 0 Å². The van der Waals surface area contributed by atoms with Crippen LogP contribution >= 0.6 is 23.2 Å². The fraction of sp³-hybridized carbons (Fsp3) is 0.136. The first kappa shape index (κ1) is 22.2. The van der Waals surface area contributed by atoms with E-state index in [2.05, 4.69) is 10.0 Å². The van der Waals surface area contributed by atoms with Crippen molar-refractivity contribution in [1.29, 1.82) is 0 Å². The quantitative estimate of drug-likeness (QED) is 0.500. The Morgan fingerprint density at radius 2 is 1.40 bits per heavy atom. The predicted molar refractivity (Wildman–Crippen MR) is 122 cm³/mol. The lowest BCUT2D eigenvalue weighted by Gasteiger charge is -2.13. The maximum absolute atomic E-state index is 12.7. The van der Waals surface area contributed by atoms with E-state index in [1.54, 1.807) is 18.2 Å². The second kappa shape index (κ2) is 9.08. The Morgan fingerprint density at radius 3 is 1.97 bits per heavy atom. The van der Waals surface area contributed by atoms with E-state index in [4.69, 9.17) is 23.2 Å². The minimum Gasteiger partial charge on any atom is -0.326 e. The van der Waals surface area contributed by atoms with Gasteiger partial charge < -0.3 is 5.32 Å². The molecule has 0 spiro atoms. The average molecular weight is 463 g/mol. The summed E-state index contributed by atoms with van der Waals surface area (Å²) in [6, 6.07) is 16.5. The molecule has 0 aliphatic rings. The van der Waals surface area contributed by atoms with Crippen molar-refractivity contribution in [3.05, 3.63) is 87.4 Å². The Morgan fingerprint density at radius 1 is 0.867 bits per heavy atom. The second-order valence-electron chi connectivity index (χ2n) is 6.82. The predicted octanol–water partition coefficient (Wildman–Crippen LogP) is 5.59. The number of amides is 1. The van der Waals surface area contributed by atoms with Crippen molar-refractivity contribution in [3.8, 4) is 0 Å². The van der Waals surface area contributed by atoms with E-state index in [1.807, 2.05) is 32.0 Å². The number of benzene rings is 3. The van der Waals surface area contributed by atoms with Crippen LogP contribution in [-0.4, -0.2) is 14.3 Å². The number of carbonyl (C=O) groups excluding carboxylic acids is 1. The van der Waals surface area contributed by atoms with Crippen LogP contribution in [0, 0.1) is 13.8 Å². The van der Waals surface area contributed by atoms with Gasteiger partial charge in [-0.3, -0.25) is 9.52 Å². The second-order valence-corrected chi connectivity index (χ2v) is 9.32. The van der Waals surface area contributed by atoms with Crippen LogP contribution in [0.4, 0.5) is 11.4 Å². The lowest BCUT2D eigenvalue weighted by Crippen LogP contribution is -2.16. The summed E-state index contributed by atoms with van der Waals surface area (Å²) in [6.45, 7) is 3.68. The number of sulfonamides is 1. The number of carbonyl (C=O) groups is 1. The molecule has 3 rings (SSSR count). The van der Waals surface area contributed by atoms with E-state index in [-0.39, 0.29) is 17.2 Å². The van der Waals surface area contributed by atoms with Crippen LogP contribution in [0.2, 0.25) is 10.0 Å². The Hall–Kier alpha value is -2.54. The van der Waals surface area contributed by atoms with E-state index in [0.717, 1.165) is 11.1 Å². The standard InChI is InChI=1S/C22H20Cl2N2O3S/c1-14-5-3-6-15(2)22(14)26-30(28,29)17-11-9-16(10-12-17)25-21(27)13-18-19(23)7-4-8-20(18)24/h3-12,26H,13H2,1-2H3,(H,25,27). The molecule has 3 aromatic carbocycles. The highest BCUT2D eigenvalue weighted by molar-refractivity contribution is 7.92. The summed E-state index contributed by atoms with van der Waals surface area (Å²) in [7, 11) is -3.76. The van der Waals surface area contributed by atoms with Gasteiger partial charge in [-0.05, 0) is 66.9 Å². The molecular weight excluding hydrogens is 443 g/mol. The van der Waals surface area contributed by atoms with Crippen LogP contribution in [0.15, 0.2) is 65.6 Å². The van der Waals surface area contributed by atoms with Crippen LogP contribution in [0.1, 0.15) is 16.7 Å². The molecule has 0 fully saturated rings. The number of aryl methyl sites for hydroxylation is 2. The van der Waals surface area contributed by atoms with Crippen LogP contribution in [0.3, 0.4) is 0 Å². The first-order chi connectivity index (χ1) is 14.2. The van der Waals surface area contributed by atoms with Crippen LogP contribution in [-0.2, 0) is 21.2 Å². The van der Waals surface area contributed by atoms with Crippen molar-refractivity contribution in [2.24, 2.45) is 0 Å². The maximum Gasteiger partial charge on any atom is 0.261 e. The molecule has 0 saturated carbocycles. The van der Waals surface area contributed by atoms with Gasteiger partial charge in [0.2, 0.25) is 5.91 Å². The third-order valence-corrected chi connectivity index (χ3v) is 6.64. The topological polar surface area (TPSA) is 75.3 Å². The molecule has 0 aliphatic heterocycles. The highest BCUT2D eigenvalue weighted by Crippen LogP contribution is 2.26. The Labute approximate surface area is 186 Å². The maximum atomic E-state index is 12.7. The molecule has 0 aromatic heterocycles. The summed E-state index contributed by atoms with van der Waals surface area (Å²) in [6.07, 6.45) is 0.00662. The van der Waals surface area contributed by atoms with Gasteiger partial charge in [0.15, 0.2) is 0 Å². The zero-order valence-electron chi connectivity index (χ0n) is 16.4. The molecular formula is C22H20Cl2N2O3S. The highest BCUT2D eigenvalue weighted by Gasteiger charge is 2.17. The monoisotopic (exact) mass is 462 g/mol. The molecule has 156 valence electrons. The van der Waals surface area contributed by atoms with Crippen molar-refractivity contribution in [1.82, 2.24) is 0 Å². The molecule has 3 aromatic rings. The van der Waals surface area contributed by atoms with Crippen LogP contribution in [0.5, 0.6) is 0 Å². The fourth-order valence-corrected chi connectivity index (χ4v) is 4.69. The number of nitrogens with one attached hydrogen (secondary N) is 2. The lowest BCUT2D eigenvalue weighted by atomic mass is 10.1. The molecule has 0 aliphatic carbocycles. The summed E-state index contributed by atoms with van der Waals surface area (Å²) in [5.74, 6) is -0.311. The zero-order valence-corrected chi connectivity index (χ0v) is 18.7. The largest absolute Gasteiger partial charge is 0.326 e. The third-order valence-electron chi connectivity index (χ3n) is 4.56. The van der Waals surface area contributed by atoms with Crippen molar-refractivity contribution in [3.63, 3.8) is 0 Å². The minimum atomic E-state index is -3.76. The fourth-order valence-electron chi connectivity index (χ4n) is 2.95. The minimum absolute atomic E-state index is 0.00662. The lowest BCUT2D eigenvalue weighted by molar-refractivity contribution is -0.115. The summed E-state index contributed by atoms with van der Waals surface area (Å²) >= 11 is 12.2. The Balaban J connectivity index is 1.72. The number of rotatable bonds is 6. The van der Waals surface area contributed by atoms with E-state index in [9.17, 15) is 13.2 Å². The normalized spacial score (nSPS) is 11.2. The average Bonchev–Trinajstić information content (AvgIpc) is 2.68. The van der Waals surface area contributed by atoms with E-state index in [0.29, 0.717) is 27.0 Å². The molecule has 30 heavy (non-hydrogen) atoms. The van der Waals surface area contributed by atoms with Gasteiger partial charge in [0.05, 0.1) is 17.0 Å². The SMILES string of the molecule is Cc1cccc(C)c1NS(=O)(=O)c1ccc(NC(=O)Cc2c(Cl)cccc2Cl)cc1. The smallest absolute Gasteiger partial charge is 0.261 e. The Kier molecular flexibility index (Phi) is 6.71. The molecule has 0 unspecified atom stereocenters. The molecule has 8 heteroatoms. The molecule has 5 nitrogen and oxygen atoms in total. The number of hydrogen-bond donors (Lipinski definition) is 2. The third kappa shape index (κ3) is 5.14. The number of anilines is 2. The van der Waals surface area contributed by atoms with Gasteiger partial charge in [0.1, 0.15) is 0 Å². The molecule has 1 amide bonds. The molecule has 0 radical (unpaired) electrons. The summed E-state index contributed by atoms with van der Waals surface area (Å²) < 4.78 is 28.1. The van der Waals surface area contributed by atoms with Gasteiger partial charge in [-0.1, -0.05) is 47.5 Å². The van der Waals surface area contributed by atoms with Crippen molar-refractivity contribution < 1.29 is 13.2 Å². The van der Waals surface area contributed by atoms with Gasteiger partial charge in [0, 0.05) is 15.7 Å². The van der Waals surface area contributed by atoms with Crippen molar-refractivity contribution in [2.45, 2.75) is 25.2 Å². The number of halogens is 2. The van der Waals surface area contributed by atoms with Crippen molar-refractivity contribution >= 4 is 50.5 Å².